The molecule has 5 N–H and O–H groups in total. The van der Waals surface area contributed by atoms with Gasteiger partial charge in [-0.15, -0.1) is 0 Å². The largest absolute Gasteiger partial charge is 0.394 e. The van der Waals surface area contributed by atoms with Crippen LogP contribution in [0.4, 0.5) is 11.6 Å². The average molecular weight is 267 g/mol. The Morgan fingerprint density at radius 1 is 1.21 bits per heavy atom. The molecule has 0 aliphatic rings. The molecule has 0 bridgehead atoms. The first kappa shape index (κ1) is 15.7. The molecule has 0 amide bonds. The van der Waals surface area contributed by atoms with Crippen LogP contribution in [0, 0.1) is 0 Å². The maximum atomic E-state index is 9.59. The smallest absolute Gasteiger partial charge is 0.145 e. The Morgan fingerprint density at radius 2 is 1.84 bits per heavy atom. The minimum Gasteiger partial charge on any atom is -0.394 e. The van der Waals surface area contributed by atoms with E-state index >= 15 is 0 Å². The van der Waals surface area contributed by atoms with Gasteiger partial charge in [-0.25, -0.2) is 15.8 Å². The number of anilines is 2. The quantitative estimate of drug-likeness (QED) is 0.423. The van der Waals surface area contributed by atoms with Gasteiger partial charge in [0.1, 0.15) is 17.5 Å². The predicted octanol–water partition coefficient (Wildman–Crippen LogP) is 1.68. The fourth-order valence-electron chi connectivity index (χ4n) is 1.93. The molecule has 1 heterocycles. The SMILES string of the molecule is CCCc1nc(NN)cc(NC(CC)(CC)CO)n1. The van der Waals surface area contributed by atoms with E-state index in [-0.39, 0.29) is 12.1 Å². The molecule has 19 heavy (non-hydrogen) atoms. The van der Waals surface area contributed by atoms with Gasteiger partial charge in [-0.3, -0.25) is 0 Å². The third-order valence-corrected chi connectivity index (χ3v) is 3.44. The van der Waals surface area contributed by atoms with Gasteiger partial charge >= 0.3 is 0 Å². The number of nitrogens with zero attached hydrogens (tertiary/aromatic N) is 2. The van der Waals surface area contributed by atoms with Crippen molar-refractivity contribution in [3.63, 3.8) is 0 Å². The number of aromatic nitrogens is 2. The van der Waals surface area contributed by atoms with Crippen molar-refractivity contribution in [1.82, 2.24) is 9.97 Å². The van der Waals surface area contributed by atoms with Gasteiger partial charge in [0.05, 0.1) is 12.1 Å². The van der Waals surface area contributed by atoms with E-state index in [0.717, 1.165) is 31.5 Å². The highest BCUT2D eigenvalue weighted by molar-refractivity contribution is 5.48. The summed E-state index contributed by atoms with van der Waals surface area (Å²) in [6.45, 7) is 6.24. The van der Waals surface area contributed by atoms with Crippen LogP contribution in [0.2, 0.25) is 0 Å². The van der Waals surface area contributed by atoms with Crippen LogP contribution >= 0.6 is 0 Å². The standard InChI is InChI=1S/C13H25N5O/c1-4-7-10-15-11(8-12(16-10)18-14)17-13(5-2,6-3)9-19/h8,19H,4-7,9,14H2,1-3H3,(H2,15,16,17,18). The highest BCUT2D eigenvalue weighted by Gasteiger charge is 2.25. The van der Waals surface area contributed by atoms with Gasteiger partial charge in [0.25, 0.3) is 0 Å². The van der Waals surface area contributed by atoms with Crippen LogP contribution < -0.4 is 16.6 Å². The molecule has 1 rings (SSSR count). The van der Waals surface area contributed by atoms with Crippen molar-refractivity contribution in [3.05, 3.63) is 11.9 Å². The van der Waals surface area contributed by atoms with E-state index in [2.05, 4.69) is 27.6 Å². The van der Waals surface area contributed by atoms with E-state index in [1.807, 2.05) is 13.8 Å². The number of hydrogen-bond acceptors (Lipinski definition) is 6. The molecule has 0 fully saturated rings. The van der Waals surface area contributed by atoms with Crippen LogP contribution in [0.5, 0.6) is 0 Å². The van der Waals surface area contributed by atoms with Crippen LogP contribution in [0.1, 0.15) is 45.9 Å². The Bertz CT molecular complexity index is 384. The maximum Gasteiger partial charge on any atom is 0.145 e. The van der Waals surface area contributed by atoms with Gasteiger partial charge in [0, 0.05) is 12.5 Å². The van der Waals surface area contributed by atoms with Crippen LogP contribution in [0.3, 0.4) is 0 Å². The van der Waals surface area contributed by atoms with Crippen molar-refractivity contribution in [2.24, 2.45) is 5.84 Å². The van der Waals surface area contributed by atoms with Crippen LogP contribution in [0.25, 0.3) is 0 Å². The highest BCUT2D eigenvalue weighted by atomic mass is 16.3. The normalized spacial score (nSPS) is 11.4. The molecule has 0 saturated carbocycles. The maximum absolute atomic E-state index is 9.59. The zero-order valence-electron chi connectivity index (χ0n) is 12.0. The molecule has 6 nitrogen and oxygen atoms in total. The molecule has 0 radical (unpaired) electrons. The number of aliphatic hydroxyl groups is 1. The first-order valence-corrected chi connectivity index (χ1v) is 6.86. The minimum atomic E-state index is -0.344. The van der Waals surface area contributed by atoms with Crippen LogP contribution in [-0.4, -0.2) is 27.2 Å². The van der Waals surface area contributed by atoms with Gasteiger partial charge in [0.2, 0.25) is 0 Å². The number of nitrogens with one attached hydrogen (secondary N) is 2. The first-order chi connectivity index (χ1) is 9.12. The number of rotatable bonds is 8. The molecule has 0 unspecified atom stereocenters. The molecule has 0 aromatic carbocycles. The number of hydrazine groups is 1. The van der Waals surface area contributed by atoms with Crippen LogP contribution in [-0.2, 0) is 6.42 Å². The molecule has 0 spiro atoms. The fourth-order valence-corrected chi connectivity index (χ4v) is 1.93. The second-order valence-electron chi connectivity index (χ2n) is 4.72. The van der Waals surface area contributed by atoms with E-state index in [1.54, 1.807) is 6.07 Å². The summed E-state index contributed by atoms with van der Waals surface area (Å²) in [5, 5.41) is 12.9. The van der Waals surface area contributed by atoms with Crippen molar-refractivity contribution < 1.29 is 5.11 Å². The molecule has 108 valence electrons. The van der Waals surface area contributed by atoms with E-state index in [0.29, 0.717) is 11.6 Å². The molecule has 6 heteroatoms. The molecule has 0 aliphatic carbocycles. The Hall–Kier alpha value is -1.40. The third kappa shape index (κ3) is 4.04. The summed E-state index contributed by atoms with van der Waals surface area (Å²) in [6.07, 6.45) is 3.41. The van der Waals surface area contributed by atoms with E-state index in [1.165, 1.54) is 0 Å². The number of aryl methyl sites for hydroxylation is 1. The Labute approximate surface area is 114 Å². The van der Waals surface area contributed by atoms with Crippen molar-refractivity contribution >= 4 is 11.6 Å². The Morgan fingerprint density at radius 3 is 2.32 bits per heavy atom. The van der Waals surface area contributed by atoms with Gasteiger partial charge in [-0.05, 0) is 19.3 Å². The second-order valence-corrected chi connectivity index (χ2v) is 4.72. The summed E-state index contributed by atoms with van der Waals surface area (Å²) < 4.78 is 0. The lowest BCUT2D eigenvalue weighted by Gasteiger charge is -2.31. The average Bonchev–Trinajstić information content (AvgIpc) is 2.45. The van der Waals surface area contributed by atoms with E-state index in [4.69, 9.17) is 5.84 Å². The zero-order valence-corrected chi connectivity index (χ0v) is 12.0. The summed E-state index contributed by atoms with van der Waals surface area (Å²) in [4.78, 5) is 8.77. The summed E-state index contributed by atoms with van der Waals surface area (Å²) >= 11 is 0. The first-order valence-electron chi connectivity index (χ1n) is 6.86. The Kier molecular flexibility index (Phi) is 5.98. The molecule has 1 aromatic rings. The van der Waals surface area contributed by atoms with Crippen LogP contribution in [0.15, 0.2) is 6.07 Å². The number of aliphatic hydroxyl groups excluding tert-OH is 1. The topological polar surface area (TPSA) is 96.1 Å². The van der Waals surface area contributed by atoms with E-state index < -0.39 is 0 Å². The zero-order chi connectivity index (χ0) is 14.3. The van der Waals surface area contributed by atoms with Crippen molar-refractivity contribution in [2.45, 2.75) is 52.0 Å². The molecular formula is C13H25N5O. The third-order valence-electron chi connectivity index (χ3n) is 3.44. The van der Waals surface area contributed by atoms with Gasteiger partial charge in [-0.2, -0.15) is 0 Å². The highest BCUT2D eigenvalue weighted by Crippen LogP contribution is 2.22. The summed E-state index contributed by atoms with van der Waals surface area (Å²) in [7, 11) is 0. The Balaban J connectivity index is 3.01. The minimum absolute atomic E-state index is 0.0680. The second kappa shape index (κ2) is 7.25. The fraction of sp³-hybridized carbons (Fsp3) is 0.692. The number of nitrogens with two attached hydrogens (primary N) is 1. The van der Waals surface area contributed by atoms with Crippen molar-refractivity contribution in [1.29, 1.82) is 0 Å². The lowest BCUT2D eigenvalue weighted by atomic mass is 9.94. The summed E-state index contributed by atoms with van der Waals surface area (Å²) in [5.41, 5.74) is 2.21. The number of nitrogen functional groups attached to an aromatic ring is 1. The van der Waals surface area contributed by atoms with E-state index in [9.17, 15) is 5.11 Å². The number of hydrogen-bond donors (Lipinski definition) is 4. The molecular weight excluding hydrogens is 242 g/mol. The predicted molar refractivity (Wildman–Crippen MR) is 77.9 cm³/mol. The monoisotopic (exact) mass is 267 g/mol. The van der Waals surface area contributed by atoms with Gasteiger partial charge in [-0.1, -0.05) is 20.8 Å². The van der Waals surface area contributed by atoms with Crippen molar-refractivity contribution in [3.8, 4) is 0 Å². The summed E-state index contributed by atoms with van der Waals surface area (Å²) in [5.74, 6) is 7.46. The van der Waals surface area contributed by atoms with Gasteiger partial charge < -0.3 is 15.8 Å². The lowest BCUT2D eigenvalue weighted by molar-refractivity contribution is 0.202. The molecule has 0 atom stereocenters. The van der Waals surface area contributed by atoms with Crippen molar-refractivity contribution in [2.75, 3.05) is 17.3 Å². The lowest BCUT2D eigenvalue weighted by Crippen LogP contribution is -2.41. The molecule has 1 aromatic heterocycles. The molecule has 0 aliphatic heterocycles. The van der Waals surface area contributed by atoms with Gasteiger partial charge in [0.15, 0.2) is 0 Å². The molecule has 0 saturated heterocycles. The summed E-state index contributed by atoms with van der Waals surface area (Å²) in [6, 6.07) is 1.76.